The molecule has 0 saturated carbocycles. The van der Waals surface area contributed by atoms with Crippen LogP contribution in [-0.4, -0.2) is 82.3 Å². The summed E-state index contributed by atoms with van der Waals surface area (Å²) in [5.74, 6) is -2.34. The van der Waals surface area contributed by atoms with Crippen LogP contribution in [0.3, 0.4) is 0 Å². The Kier molecular flexibility index (Phi) is 77.3. The highest BCUT2D eigenvalue weighted by molar-refractivity contribution is 5.70. The van der Waals surface area contributed by atoms with Crippen molar-refractivity contribution in [1.29, 1.82) is 0 Å². The summed E-state index contributed by atoms with van der Waals surface area (Å²) in [5.41, 5.74) is 0. The normalized spacial score (nSPS) is 14.0. The van der Waals surface area contributed by atoms with Gasteiger partial charge in [0.05, 0.1) is 40.3 Å². The summed E-state index contributed by atoms with van der Waals surface area (Å²) in [7, 11) is 5.91. The van der Waals surface area contributed by atoms with E-state index in [1.54, 1.807) is 0 Å². The standard InChI is InChI=1S/C96H149NO8/c1-6-8-10-12-14-16-18-20-22-24-26-28-30-32-34-36-38-40-42-44-46-47-49-51-53-55-57-59-61-63-65-67-69-71-73-75-77-79-81-83-85-87-94(99)105-92(91-104-96(95(100)101)102-89-88-97(3,4)5)90-103-93(98)86-84-82-80-78-76-74-72-70-68-66-64-62-60-58-56-54-52-50-48-45-43-41-39-37-35-33-31-29-27-25-23-21-19-17-15-13-11-9-7-2/h8-11,14-17,20-23,26-29,32-35,38-41,44-46,48-49,51-52,54-55,57,61,63,67,69,73,75,92,96H,6-7,12-13,18-19,24-25,30-31,36-37,42-43,47,50,53,56,58-60,62,64-66,68,70-72,74,76-91H2,1-5H3/b10-8-,11-9-,16-14-,17-15-,22-20-,23-21-,28-26-,29-27-,34-32-,35-33-,40-38-,41-39-,46-44-,48-45-,51-49-,54-52-,57-55-,63-61-,69-67-,75-73-. The van der Waals surface area contributed by atoms with Crippen LogP contribution >= 0.6 is 0 Å². The number of carboxylic acids is 1. The van der Waals surface area contributed by atoms with Gasteiger partial charge in [-0.2, -0.15) is 0 Å². The van der Waals surface area contributed by atoms with E-state index in [1.165, 1.54) is 70.6 Å². The zero-order valence-corrected chi connectivity index (χ0v) is 67.0. The number of likely N-dealkylation sites (N-methyl/N-ethyl adjacent to an activating group) is 1. The average Bonchev–Trinajstić information content (AvgIpc) is 1.18. The smallest absolute Gasteiger partial charge is 0.306 e. The Hall–Kier alpha value is -6.91. The van der Waals surface area contributed by atoms with Crippen LogP contribution in [0.1, 0.15) is 284 Å². The highest BCUT2D eigenvalue weighted by Gasteiger charge is 2.22. The Morgan fingerprint density at radius 1 is 0.286 bits per heavy atom. The number of hydrogen-bond donors (Lipinski definition) is 0. The van der Waals surface area contributed by atoms with Crippen molar-refractivity contribution in [1.82, 2.24) is 0 Å². The molecule has 0 radical (unpaired) electrons. The molecule has 0 fully saturated rings. The lowest BCUT2D eigenvalue weighted by Crippen LogP contribution is -2.44. The van der Waals surface area contributed by atoms with Crippen molar-refractivity contribution in [2.75, 3.05) is 47.5 Å². The van der Waals surface area contributed by atoms with Gasteiger partial charge in [-0.25, -0.2) is 0 Å². The third-order valence-electron chi connectivity index (χ3n) is 16.6. The highest BCUT2D eigenvalue weighted by atomic mass is 16.7. The first-order valence-electron chi connectivity index (χ1n) is 41.2. The van der Waals surface area contributed by atoms with E-state index in [9.17, 15) is 19.5 Å². The van der Waals surface area contributed by atoms with Gasteiger partial charge in [0, 0.05) is 12.8 Å². The fraction of sp³-hybridized carbons (Fsp3) is 0.552. The topological polar surface area (TPSA) is 111 Å². The molecule has 0 rings (SSSR count). The minimum Gasteiger partial charge on any atom is -0.545 e. The predicted octanol–water partition coefficient (Wildman–Crippen LogP) is 25.8. The molecule has 0 aliphatic carbocycles. The second-order valence-corrected chi connectivity index (χ2v) is 27.6. The number of ether oxygens (including phenoxy) is 4. The molecular formula is C96H149NO8. The monoisotopic (exact) mass is 1440 g/mol. The van der Waals surface area contributed by atoms with Crippen LogP contribution in [0.5, 0.6) is 0 Å². The number of nitrogens with zero attached hydrogens (tertiary/aromatic N) is 1. The molecule has 0 amide bonds. The largest absolute Gasteiger partial charge is 0.545 e. The van der Waals surface area contributed by atoms with Gasteiger partial charge in [-0.15, -0.1) is 0 Å². The quantitative estimate of drug-likeness (QED) is 0.0195. The second-order valence-electron chi connectivity index (χ2n) is 27.6. The summed E-state index contributed by atoms with van der Waals surface area (Å²) < 4.78 is 22.8. The number of rotatable bonds is 73. The summed E-state index contributed by atoms with van der Waals surface area (Å²) >= 11 is 0. The van der Waals surface area contributed by atoms with Crippen molar-refractivity contribution < 1.29 is 42.9 Å². The maximum Gasteiger partial charge on any atom is 0.306 e. The SMILES string of the molecule is CC/C=C\C/C=C\C/C=C\C/C=C\C/C=C\C/C=C\C/C=C\C/C=C\C/C=C\C/C=C\C/C=C\C/C=C\CCCCCCC(=O)OC(COC(=O)CCCCCCCCCCCCCCCC/C=C\C/C=C\C/C=C\C/C=C\C/C=C\C/C=C\C/C=C\C/C=C\CC)COC(OCC[N+](C)(C)C)C(=O)[O-]. The van der Waals surface area contributed by atoms with Gasteiger partial charge in [-0.1, -0.05) is 347 Å². The third-order valence-corrected chi connectivity index (χ3v) is 16.6. The Morgan fingerprint density at radius 2 is 0.514 bits per heavy atom. The van der Waals surface area contributed by atoms with Crippen molar-refractivity contribution in [3.63, 3.8) is 0 Å². The summed E-state index contributed by atoms with van der Waals surface area (Å²) in [4.78, 5) is 37.6. The lowest BCUT2D eigenvalue weighted by molar-refractivity contribution is -0.870. The molecule has 2 atom stereocenters. The van der Waals surface area contributed by atoms with Gasteiger partial charge >= 0.3 is 11.9 Å². The molecule has 105 heavy (non-hydrogen) atoms. The molecule has 0 aromatic heterocycles. The van der Waals surface area contributed by atoms with Gasteiger partial charge in [0.25, 0.3) is 0 Å². The number of esters is 2. The molecular weight excluding hydrogens is 1300 g/mol. The van der Waals surface area contributed by atoms with E-state index in [1.807, 2.05) is 21.1 Å². The van der Waals surface area contributed by atoms with Crippen LogP contribution in [0.15, 0.2) is 243 Å². The van der Waals surface area contributed by atoms with E-state index in [0.29, 0.717) is 17.4 Å². The Morgan fingerprint density at radius 3 is 0.762 bits per heavy atom. The van der Waals surface area contributed by atoms with Crippen LogP contribution < -0.4 is 5.11 Å². The first-order valence-corrected chi connectivity index (χ1v) is 41.2. The van der Waals surface area contributed by atoms with Gasteiger partial charge in [0.2, 0.25) is 0 Å². The number of carbonyl (C=O) groups excluding carboxylic acids is 3. The summed E-state index contributed by atoms with van der Waals surface area (Å²) in [5, 5.41) is 11.9. The predicted molar refractivity (Wildman–Crippen MR) is 452 cm³/mol. The van der Waals surface area contributed by atoms with Crippen molar-refractivity contribution >= 4 is 17.9 Å². The minimum absolute atomic E-state index is 0.130. The van der Waals surface area contributed by atoms with Crippen molar-refractivity contribution in [2.24, 2.45) is 0 Å². The van der Waals surface area contributed by atoms with E-state index in [-0.39, 0.29) is 38.6 Å². The molecule has 0 N–H and O–H groups in total. The maximum absolute atomic E-state index is 13.0. The Bertz CT molecular complexity index is 2640. The molecule has 0 aromatic rings. The molecule has 0 aliphatic heterocycles. The number of allylic oxidation sites excluding steroid dienone is 40. The lowest BCUT2D eigenvalue weighted by Gasteiger charge is -2.26. The Labute approximate surface area is 643 Å². The van der Waals surface area contributed by atoms with Crippen molar-refractivity contribution in [2.45, 2.75) is 296 Å². The minimum atomic E-state index is -1.65. The maximum atomic E-state index is 13.0. The average molecular weight is 1450 g/mol. The van der Waals surface area contributed by atoms with Crippen LogP contribution in [0.25, 0.3) is 0 Å². The van der Waals surface area contributed by atoms with Crippen LogP contribution in [-0.2, 0) is 33.3 Å². The summed E-state index contributed by atoms with van der Waals surface area (Å²) in [6, 6.07) is 0. The van der Waals surface area contributed by atoms with Gasteiger partial charge < -0.3 is 33.3 Å². The molecule has 0 saturated heterocycles. The third kappa shape index (κ3) is 84.2. The fourth-order valence-corrected chi connectivity index (χ4v) is 10.4. The number of quaternary nitrogens is 1. The van der Waals surface area contributed by atoms with E-state index < -0.39 is 24.3 Å². The molecule has 2 unspecified atom stereocenters. The summed E-state index contributed by atoms with van der Waals surface area (Å²) in [6.45, 7) is 4.47. The van der Waals surface area contributed by atoms with Gasteiger partial charge in [-0.05, 0) is 167 Å². The van der Waals surface area contributed by atoms with Gasteiger partial charge in [0.1, 0.15) is 13.2 Å². The Balaban J connectivity index is 4.18. The molecule has 0 bridgehead atoms. The van der Waals surface area contributed by atoms with Crippen LogP contribution in [0.4, 0.5) is 0 Å². The summed E-state index contributed by atoms with van der Waals surface area (Å²) in [6.07, 6.45) is 130. The van der Waals surface area contributed by atoms with E-state index in [2.05, 4.69) is 257 Å². The van der Waals surface area contributed by atoms with E-state index >= 15 is 0 Å². The van der Waals surface area contributed by atoms with E-state index in [4.69, 9.17) is 18.9 Å². The number of aliphatic carboxylic acids is 1. The van der Waals surface area contributed by atoms with E-state index in [0.717, 1.165) is 180 Å². The highest BCUT2D eigenvalue weighted by Crippen LogP contribution is 2.16. The van der Waals surface area contributed by atoms with Gasteiger partial charge in [0.15, 0.2) is 12.4 Å². The first kappa shape index (κ1) is 98.1. The number of hydrogen-bond acceptors (Lipinski definition) is 8. The molecule has 0 aromatic carbocycles. The van der Waals surface area contributed by atoms with Crippen molar-refractivity contribution in [3.05, 3.63) is 243 Å². The second kappa shape index (κ2) is 82.7. The lowest BCUT2D eigenvalue weighted by atomic mass is 10.0. The molecule has 9 heteroatoms. The fourth-order valence-electron chi connectivity index (χ4n) is 10.4. The number of carboxylic acid groups (broad SMARTS) is 1. The zero-order chi connectivity index (χ0) is 76.0. The number of carbonyl (C=O) groups is 3. The van der Waals surface area contributed by atoms with Crippen LogP contribution in [0.2, 0.25) is 0 Å². The molecule has 0 aliphatic rings. The van der Waals surface area contributed by atoms with Crippen molar-refractivity contribution in [3.8, 4) is 0 Å². The molecule has 0 spiro atoms. The van der Waals surface area contributed by atoms with Gasteiger partial charge in [-0.3, -0.25) is 9.59 Å². The van der Waals surface area contributed by atoms with Crippen LogP contribution in [0, 0.1) is 0 Å². The first-order chi connectivity index (χ1) is 51.6. The molecule has 9 nitrogen and oxygen atoms in total. The molecule has 586 valence electrons. The molecule has 0 heterocycles. The number of unbranched alkanes of at least 4 members (excludes halogenated alkanes) is 18. The zero-order valence-electron chi connectivity index (χ0n) is 67.0.